The summed E-state index contributed by atoms with van der Waals surface area (Å²) >= 11 is 0. The third-order valence-electron chi connectivity index (χ3n) is 2.92. The molecule has 0 aliphatic rings. The van der Waals surface area contributed by atoms with Crippen molar-refractivity contribution in [2.75, 3.05) is 13.6 Å². The van der Waals surface area contributed by atoms with Crippen LogP contribution in [0, 0.1) is 0 Å². The van der Waals surface area contributed by atoms with Crippen LogP contribution in [0.1, 0.15) is 23.8 Å². The van der Waals surface area contributed by atoms with Crippen LogP contribution in [0.3, 0.4) is 0 Å². The Kier molecular flexibility index (Phi) is 5.24. The number of aromatic nitrogens is 2. The first-order valence-corrected chi connectivity index (χ1v) is 6.19. The topological polar surface area (TPSA) is 110 Å². The molecule has 0 bridgehead atoms. The second-order valence-corrected chi connectivity index (χ2v) is 4.39. The van der Waals surface area contributed by atoms with E-state index in [-0.39, 0.29) is 18.1 Å². The van der Waals surface area contributed by atoms with Crippen molar-refractivity contribution in [3.05, 3.63) is 18.0 Å². The molecule has 0 saturated carbocycles. The highest BCUT2D eigenvalue weighted by Crippen LogP contribution is 2.01. The molecule has 0 saturated heterocycles. The summed E-state index contributed by atoms with van der Waals surface area (Å²) in [6, 6.07) is 0.871. The van der Waals surface area contributed by atoms with Crippen molar-refractivity contribution < 1.29 is 14.4 Å². The molecule has 0 spiro atoms. The molecule has 20 heavy (non-hydrogen) atoms. The molecule has 0 aliphatic heterocycles. The first-order valence-electron chi connectivity index (χ1n) is 6.19. The minimum absolute atomic E-state index is 0.213. The number of carbonyl (C=O) groups is 3. The van der Waals surface area contributed by atoms with Gasteiger partial charge in [0.2, 0.25) is 11.8 Å². The molecule has 1 rings (SSSR count). The number of nitrogens with one attached hydrogen (secondary N) is 1. The summed E-state index contributed by atoms with van der Waals surface area (Å²) in [6.07, 6.45) is 2.05. The van der Waals surface area contributed by atoms with Crippen molar-refractivity contribution in [1.29, 1.82) is 0 Å². The van der Waals surface area contributed by atoms with Crippen LogP contribution in [0.15, 0.2) is 12.3 Å². The summed E-state index contributed by atoms with van der Waals surface area (Å²) in [7, 11) is 3.17. The van der Waals surface area contributed by atoms with E-state index < -0.39 is 17.9 Å². The molecule has 3 amide bonds. The van der Waals surface area contributed by atoms with Crippen LogP contribution in [0.25, 0.3) is 0 Å². The molecule has 0 fully saturated rings. The average Bonchev–Trinajstić information content (AvgIpc) is 2.82. The van der Waals surface area contributed by atoms with Crippen LogP contribution >= 0.6 is 0 Å². The highest BCUT2D eigenvalue weighted by Gasteiger charge is 2.23. The van der Waals surface area contributed by atoms with Gasteiger partial charge in [0.1, 0.15) is 11.7 Å². The van der Waals surface area contributed by atoms with E-state index >= 15 is 0 Å². The van der Waals surface area contributed by atoms with Gasteiger partial charge in [-0.1, -0.05) is 6.92 Å². The molecule has 0 aromatic carbocycles. The SMILES string of the molecule is CCC(C(N)=O)N(C)C(=O)CNC(=O)c1ccn(C)n1. The Morgan fingerprint density at radius 2 is 2.15 bits per heavy atom. The van der Waals surface area contributed by atoms with Gasteiger partial charge in [0.25, 0.3) is 5.91 Å². The minimum atomic E-state index is -0.672. The number of carbonyl (C=O) groups excluding carboxylic acids is 3. The zero-order valence-electron chi connectivity index (χ0n) is 11.8. The second-order valence-electron chi connectivity index (χ2n) is 4.39. The maximum atomic E-state index is 11.9. The lowest BCUT2D eigenvalue weighted by Gasteiger charge is -2.24. The van der Waals surface area contributed by atoms with E-state index in [1.54, 1.807) is 26.2 Å². The van der Waals surface area contributed by atoms with E-state index in [4.69, 9.17) is 5.73 Å². The zero-order chi connectivity index (χ0) is 15.3. The van der Waals surface area contributed by atoms with Crippen molar-refractivity contribution >= 4 is 17.7 Å². The summed E-state index contributed by atoms with van der Waals surface area (Å²) < 4.78 is 1.49. The summed E-state index contributed by atoms with van der Waals surface area (Å²) in [5, 5.41) is 6.37. The Morgan fingerprint density at radius 3 is 2.60 bits per heavy atom. The van der Waals surface area contributed by atoms with Crippen LogP contribution < -0.4 is 11.1 Å². The first kappa shape index (κ1) is 15.7. The Balaban J connectivity index is 2.54. The predicted octanol–water partition coefficient (Wildman–Crippen LogP) is -1.13. The highest BCUT2D eigenvalue weighted by molar-refractivity contribution is 5.95. The number of rotatable bonds is 6. The lowest BCUT2D eigenvalue weighted by Crippen LogP contribution is -2.48. The van der Waals surface area contributed by atoms with Gasteiger partial charge in [0, 0.05) is 20.3 Å². The smallest absolute Gasteiger partial charge is 0.272 e. The van der Waals surface area contributed by atoms with Gasteiger partial charge >= 0.3 is 0 Å². The summed E-state index contributed by atoms with van der Waals surface area (Å²) in [6.45, 7) is 1.54. The molecular weight excluding hydrogens is 262 g/mol. The molecule has 1 aromatic rings. The highest BCUT2D eigenvalue weighted by atomic mass is 16.2. The molecule has 0 radical (unpaired) electrons. The molecule has 1 atom stereocenters. The zero-order valence-corrected chi connectivity index (χ0v) is 11.8. The van der Waals surface area contributed by atoms with Crippen molar-refractivity contribution in [2.24, 2.45) is 12.8 Å². The van der Waals surface area contributed by atoms with Crippen molar-refractivity contribution in [2.45, 2.75) is 19.4 Å². The number of aryl methyl sites for hydroxylation is 1. The number of hydrogen-bond donors (Lipinski definition) is 2. The fourth-order valence-electron chi connectivity index (χ4n) is 1.75. The van der Waals surface area contributed by atoms with Gasteiger partial charge in [-0.3, -0.25) is 19.1 Å². The summed E-state index contributed by atoms with van der Waals surface area (Å²) in [5.74, 6) is -1.40. The lowest BCUT2D eigenvalue weighted by molar-refractivity contribution is -0.137. The van der Waals surface area contributed by atoms with E-state index in [9.17, 15) is 14.4 Å². The molecule has 8 heteroatoms. The van der Waals surface area contributed by atoms with Gasteiger partial charge in [0.15, 0.2) is 0 Å². The van der Waals surface area contributed by atoms with Crippen LogP contribution in [0.4, 0.5) is 0 Å². The van der Waals surface area contributed by atoms with E-state index in [1.165, 1.54) is 16.6 Å². The molecule has 8 nitrogen and oxygen atoms in total. The van der Waals surface area contributed by atoms with Gasteiger partial charge in [-0.2, -0.15) is 5.10 Å². The number of likely N-dealkylation sites (N-methyl/N-ethyl adjacent to an activating group) is 1. The van der Waals surface area contributed by atoms with E-state index in [2.05, 4.69) is 10.4 Å². The van der Waals surface area contributed by atoms with Gasteiger partial charge in [-0.25, -0.2) is 0 Å². The van der Waals surface area contributed by atoms with Crippen LogP contribution in [0.2, 0.25) is 0 Å². The van der Waals surface area contributed by atoms with Gasteiger partial charge in [-0.15, -0.1) is 0 Å². The van der Waals surface area contributed by atoms with Gasteiger partial charge in [-0.05, 0) is 12.5 Å². The minimum Gasteiger partial charge on any atom is -0.368 e. The third-order valence-corrected chi connectivity index (χ3v) is 2.92. The summed E-state index contributed by atoms with van der Waals surface area (Å²) in [5.41, 5.74) is 5.43. The Hall–Kier alpha value is -2.38. The molecule has 0 aliphatic carbocycles. The average molecular weight is 281 g/mol. The van der Waals surface area contributed by atoms with E-state index in [0.29, 0.717) is 6.42 Å². The van der Waals surface area contributed by atoms with Crippen molar-refractivity contribution in [1.82, 2.24) is 20.0 Å². The molecule has 1 unspecified atom stereocenters. The number of amides is 3. The quantitative estimate of drug-likeness (QED) is 0.687. The second kappa shape index (κ2) is 6.69. The molecule has 3 N–H and O–H groups in total. The number of hydrogen-bond acceptors (Lipinski definition) is 4. The van der Waals surface area contributed by atoms with E-state index in [0.717, 1.165) is 0 Å². The third kappa shape index (κ3) is 3.81. The van der Waals surface area contributed by atoms with Crippen molar-refractivity contribution in [3.63, 3.8) is 0 Å². The Bertz CT molecular complexity index is 511. The maximum absolute atomic E-state index is 11.9. The number of primary amides is 1. The van der Waals surface area contributed by atoms with Crippen molar-refractivity contribution in [3.8, 4) is 0 Å². The number of nitrogens with two attached hydrogens (primary N) is 1. The first-order chi connectivity index (χ1) is 9.36. The molecular formula is C12H19N5O3. The maximum Gasteiger partial charge on any atom is 0.272 e. The van der Waals surface area contributed by atoms with Crippen LogP contribution in [-0.2, 0) is 16.6 Å². The Labute approximate surface area is 116 Å². The number of nitrogens with zero attached hydrogens (tertiary/aromatic N) is 3. The van der Waals surface area contributed by atoms with E-state index in [1.807, 2.05) is 0 Å². The lowest BCUT2D eigenvalue weighted by atomic mass is 10.2. The van der Waals surface area contributed by atoms with Gasteiger partial charge < -0.3 is 16.0 Å². The monoisotopic (exact) mass is 281 g/mol. The predicted molar refractivity (Wildman–Crippen MR) is 71.6 cm³/mol. The normalized spacial score (nSPS) is 11.8. The van der Waals surface area contributed by atoms with Gasteiger partial charge in [0.05, 0.1) is 6.54 Å². The van der Waals surface area contributed by atoms with Crippen LogP contribution in [0.5, 0.6) is 0 Å². The molecule has 110 valence electrons. The molecule has 1 aromatic heterocycles. The fourth-order valence-corrected chi connectivity index (χ4v) is 1.75. The standard InChI is InChI=1S/C12H19N5O3/c1-4-9(11(13)19)17(3)10(18)7-14-12(20)8-5-6-16(2)15-8/h5-6,9H,4,7H2,1-3H3,(H2,13,19)(H,14,20). The fraction of sp³-hybridized carbons (Fsp3) is 0.500. The molecule has 1 heterocycles. The summed E-state index contributed by atoms with van der Waals surface area (Å²) in [4.78, 5) is 36.0. The Morgan fingerprint density at radius 1 is 1.50 bits per heavy atom. The van der Waals surface area contributed by atoms with Crippen LogP contribution in [-0.4, -0.2) is 52.0 Å². The largest absolute Gasteiger partial charge is 0.368 e.